The van der Waals surface area contributed by atoms with Crippen LogP contribution in [0.25, 0.3) is 11.0 Å². The summed E-state index contributed by atoms with van der Waals surface area (Å²) in [6.45, 7) is 3.68. The van der Waals surface area contributed by atoms with E-state index < -0.39 is 12.1 Å². The lowest BCUT2D eigenvalue weighted by atomic mass is 10.2. The molecule has 0 amide bonds. The van der Waals surface area contributed by atoms with Gasteiger partial charge in [-0.05, 0) is 38.1 Å². The van der Waals surface area contributed by atoms with Crippen LogP contribution in [0.5, 0.6) is 0 Å². The fourth-order valence-corrected chi connectivity index (χ4v) is 1.89. The average Bonchev–Trinajstić information content (AvgIpc) is 2.85. The maximum absolute atomic E-state index is 11.8. The lowest BCUT2D eigenvalue weighted by molar-refractivity contribution is -0.0277. The number of ether oxygens (including phenoxy) is 2. The summed E-state index contributed by atoms with van der Waals surface area (Å²) in [5, 5.41) is 10.9. The standard InChI is InChI=1S/C15H17ClO5/c1-9(2)19-7-12(17)8-20-15(18)14-6-10-5-11(16)3-4-13(10)21-14/h3-6,9,12,17H,7-8H2,1-2H3/t12-/m0/s1. The Labute approximate surface area is 127 Å². The third kappa shape index (κ3) is 4.46. The highest BCUT2D eigenvalue weighted by atomic mass is 35.5. The first-order valence-electron chi connectivity index (χ1n) is 6.61. The molecule has 0 unspecified atom stereocenters. The van der Waals surface area contributed by atoms with Crippen molar-refractivity contribution in [3.05, 3.63) is 35.0 Å². The predicted octanol–water partition coefficient (Wildman–Crippen LogP) is 3.03. The Kier molecular flexibility index (Phi) is 5.22. The normalized spacial score (nSPS) is 12.8. The molecule has 0 bridgehead atoms. The van der Waals surface area contributed by atoms with Crippen molar-refractivity contribution in [2.45, 2.75) is 26.1 Å². The summed E-state index contributed by atoms with van der Waals surface area (Å²) in [6, 6.07) is 6.61. The molecular weight excluding hydrogens is 296 g/mol. The molecule has 0 radical (unpaired) electrons. The van der Waals surface area contributed by atoms with Gasteiger partial charge in [0.2, 0.25) is 5.76 Å². The minimum Gasteiger partial charge on any atom is -0.457 e. The second-order valence-corrected chi connectivity index (χ2v) is 5.36. The number of furan rings is 1. The molecule has 114 valence electrons. The van der Waals surface area contributed by atoms with Crippen molar-refractivity contribution in [2.24, 2.45) is 0 Å². The van der Waals surface area contributed by atoms with Gasteiger partial charge in [0.1, 0.15) is 18.3 Å². The van der Waals surface area contributed by atoms with Gasteiger partial charge in [0, 0.05) is 10.4 Å². The van der Waals surface area contributed by atoms with E-state index in [2.05, 4.69) is 0 Å². The van der Waals surface area contributed by atoms with E-state index in [1.165, 1.54) is 0 Å². The largest absolute Gasteiger partial charge is 0.457 e. The summed E-state index contributed by atoms with van der Waals surface area (Å²) in [5.74, 6) is -0.560. The monoisotopic (exact) mass is 312 g/mol. The summed E-state index contributed by atoms with van der Waals surface area (Å²) >= 11 is 5.87. The molecule has 0 aliphatic heterocycles. The molecule has 0 spiro atoms. The Bertz CT molecular complexity index is 620. The number of hydrogen-bond acceptors (Lipinski definition) is 5. The third-order valence-corrected chi connectivity index (χ3v) is 2.94. The van der Waals surface area contributed by atoms with Gasteiger partial charge < -0.3 is 19.0 Å². The quantitative estimate of drug-likeness (QED) is 0.830. The number of carbonyl (C=O) groups is 1. The van der Waals surface area contributed by atoms with E-state index in [0.29, 0.717) is 10.6 Å². The number of hydrogen-bond donors (Lipinski definition) is 1. The smallest absolute Gasteiger partial charge is 0.374 e. The van der Waals surface area contributed by atoms with Gasteiger partial charge in [-0.15, -0.1) is 0 Å². The molecule has 21 heavy (non-hydrogen) atoms. The number of benzene rings is 1. The van der Waals surface area contributed by atoms with Gasteiger partial charge in [0.15, 0.2) is 0 Å². The molecule has 1 aromatic heterocycles. The summed E-state index contributed by atoms with van der Waals surface area (Å²) in [5.41, 5.74) is 0.551. The van der Waals surface area contributed by atoms with Crippen molar-refractivity contribution in [2.75, 3.05) is 13.2 Å². The molecule has 6 heteroatoms. The zero-order valence-corrected chi connectivity index (χ0v) is 12.6. The molecule has 0 fully saturated rings. The zero-order valence-electron chi connectivity index (χ0n) is 11.8. The number of halogens is 1. The van der Waals surface area contributed by atoms with Crippen LogP contribution < -0.4 is 0 Å². The van der Waals surface area contributed by atoms with E-state index in [4.69, 9.17) is 25.5 Å². The second kappa shape index (κ2) is 6.93. The number of carbonyl (C=O) groups excluding carboxylic acids is 1. The molecule has 5 nitrogen and oxygen atoms in total. The fraction of sp³-hybridized carbons (Fsp3) is 0.400. The fourth-order valence-electron chi connectivity index (χ4n) is 1.71. The highest BCUT2D eigenvalue weighted by Gasteiger charge is 2.16. The van der Waals surface area contributed by atoms with Gasteiger partial charge in [-0.3, -0.25) is 0 Å². The molecule has 0 saturated carbocycles. The first-order valence-corrected chi connectivity index (χ1v) is 6.99. The van der Waals surface area contributed by atoms with Crippen molar-refractivity contribution in [3.63, 3.8) is 0 Å². The van der Waals surface area contributed by atoms with Crippen molar-refractivity contribution in [3.8, 4) is 0 Å². The van der Waals surface area contributed by atoms with Crippen LogP contribution in [0.15, 0.2) is 28.7 Å². The van der Waals surface area contributed by atoms with Crippen molar-refractivity contribution >= 4 is 28.5 Å². The van der Waals surface area contributed by atoms with E-state index in [1.54, 1.807) is 24.3 Å². The van der Waals surface area contributed by atoms with Crippen molar-refractivity contribution < 1.29 is 23.8 Å². The van der Waals surface area contributed by atoms with Crippen LogP contribution in [0.2, 0.25) is 5.02 Å². The Morgan fingerprint density at radius 3 is 2.81 bits per heavy atom. The minimum absolute atomic E-state index is 0.00970. The summed E-state index contributed by atoms with van der Waals surface area (Å²) in [7, 11) is 0. The van der Waals surface area contributed by atoms with Crippen LogP contribution in [-0.2, 0) is 9.47 Å². The van der Waals surface area contributed by atoms with Gasteiger partial charge >= 0.3 is 5.97 Å². The molecule has 1 N–H and O–H groups in total. The van der Waals surface area contributed by atoms with E-state index in [-0.39, 0.29) is 25.1 Å². The minimum atomic E-state index is -0.866. The predicted molar refractivity (Wildman–Crippen MR) is 78.6 cm³/mol. The maximum atomic E-state index is 11.8. The second-order valence-electron chi connectivity index (χ2n) is 4.93. The molecule has 2 rings (SSSR count). The number of esters is 1. The molecule has 0 saturated heterocycles. The van der Waals surface area contributed by atoms with Gasteiger partial charge in [0.05, 0.1) is 12.7 Å². The first kappa shape index (κ1) is 15.8. The number of aliphatic hydroxyl groups excluding tert-OH is 1. The van der Waals surface area contributed by atoms with E-state index in [0.717, 1.165) is 5.39 Å². The highest BCUT2D eigenvalue weighted by molar-refractivity contribution is 6.31. The van der Waals surface area contributed by atoms with E-state index >= 15 is 0 Å². The van der Waals surface area contributed by atoms with E-state index in [9.17, 15) is 9.90 Å². The lowest BCUT2D eigenvalue weighted by Gasteiger charge is -2.13. The summed E-state index contributed by atoms with van der Waals surface area (Å²) < 4.78 is 15.6. The summed E-state index contributed by atoms with van der Waals surface area (Å²) in [6.07, 6.45) is -0.856. The first-order chi connectivity index (χ1) is 9.95. The molecular formula is C15H17ClO5. The van der Waals surface area contributed by atoms with Crippen LogP contribution >= 0.6 is 11.6 Å². The highest BCUT2D eigenvalue weighted by Crippen LogP contribution is 2.23. The van der Waals surface area contributed by atoms with Crippen LogP contribution in [0, 0.1) is 0 Å². The molecule has 1 heterocycles. The van der Waals surface area contributed by atoms with Crippen molar-refractivity contribution in [1.29, 1.82) is 0 Å². The lowest BCUT2D eigenvalue weighted by Crippen LogP contribution is -2.25. The summed E-state index contributed by atoms with van der Waals surface area (Å²) in [4.78, 5) is 11.8. The van der Waals surface area contributed by atoms with Gasteiger partial charge in [-0.1, -0.05) is 11.6 Å². The van der Waals surface area contributed by atoms with Gasteiger partial charge in [0.25, 0.3) is 0 Å². The number of fused-ring (bicyclic) bond motifs is 1. The molecule has 1 aromatic carbocycles. The Balaban J connectivity index is 1.93. The zero-order chi connectivity index (χ0) is 15.4. The molecule has 0 aliphatic rings. The van der Waals surface area contributed by atoms with Crippen molar-refractivity contribution in [1.82, 2.24) is 0 Å². The Hall–Kier alpha value is -1.56. The molecule has 1 atom stereocenters. The molecule has 0 aliphatic carbocycles. The van der Waals surface area contributed by atoms with Crippen LogP contribution in [0.3, 0.4) is 0 Å². The average molecular weight is 313 g/mol. The van der Waals surface area contributed by atoms with Gasteiger partial charge in [-0.25, -0.2) is 4.79 Å². The van der Waals surface area contributed by atoms with Crippen LogP contribution in [0.4, 0.5) is 0 Å². The SMILES string of the molecule is CC(C)OC[C@H](O)COC(=O)c1cc2cc(Cl)ccc2o1. The maximum Gasteiger partial charge on any atom is 0.374 e. The number of rotatable bonds is 6. The third-order valence-electron chi connectivity index (χ3n) is 2.71. The van der Waals surface area contributed by atoms with Gasteiger partial charge in [-0.2, -0.15) is 0 Å². The molecule has 2 aromatic rings. The topological polar surface area (TPSA) is 68.9 Å². The van der Waals surface area contributed by atoms with Crippen LogP contribution in [0.1, 0.15) is 24.4 Å². The number of aliphatic hydroxyl groups is 1. The van der Waals surface area contributed by atoms with Crippen LogP contribution in [-0.4, -0.2) is 36.5 Å². The Morgan fingerprint density at radius 1 is 1.33 bits per heavy atom. The Morgan fingerprint density at radius 2 is 2.10 bits per heavy atom. The van der Waals surface area contributed by atoms with E-state index in [1.807, 2.05) is 13.8 Å².